The largest absolute Gasteiger partial charge is 0.528 e. The summed E-state index contributed by atoms with van der Waals surface area (Å²) in [7, 11) is 0. The van der Waals surface area contributed by atoms with Crippen LogP contribution in [0.1, 0.15) is 57.2 Å². The fourth-order valence-electron chi connectivity index (χ4n) is 4.17. The molecule has 3 aromatic rings. The number of hydrogen-bond donors (Lipinski definition) is 1. The number of anilines is 1. The van der Waals surface area contributed by atoms with Gasteiger partial charge in [0.1, 0.15) is 17.2 Å². The Morgan fingerprint density at radius 1 is 1.11 bits per heavy atom. The maximum atomic E-state index is 12.9. The predicted molar refractivity (Wildman–Crippen MR) is 136 cm³/mol. The van der Waals surface area contributed by atoms with Crippen molar-refractivity contribution in [2.45, 2.75) is 66.4 Å². The van der Waals surface area contributed by atoms with E-state index in [2.05, 4.69) is 20.4 Å². The standard InChI is InChI=1S/C26H34N6O5/c1-16-13-17(2)32(30-16)22-15-21(28-24(29-22)20-8-7-18(3)35-20)27-23(33)14-19-9-11-31(12-10-19)37-25(34)36-26(4,5)6/h7-8,13,15,19H,9-12,14H2,1-6H3,(H,27,28,29,33). The summed E-state index contributed by atoms with van der Waals surface area (Å²) in [5, 5.41) is 9.02. The van der Waals surface area contributed by atoms with Crippen molar-refractivity contribution in [2.75, 3.05) is 18.4 Å². The highest BCUT2D eigenvalue weighted by Gasteiger charge is 2.26. The van der Waals surface area contributed by atoms with Crippen molar-refractivity contribution in [2.24, 2.45) is 5.92 Å². The quantitative estimate of drug-likeness (QED) is 0.467. The number of hydrogen-bond acceptors (Lipinski definition) is 9. The van der Waals surface area contributed by atoms with Gasteiger partial charge in [0.25, 0.3) is 0 Å². The molecule has 0 unspecified atom stereocenters. The van der Waals surface area contributed by atoms with Crippen LogP contribution >= 0.6 is 0 Å². The highest BCUT2D eigenvalue weighted by atomic mass is 16.8. The lowest BCUT2D eigenvalue weighted by Gasteiger charge is -2.30. The van der Waals surface area contributed by atoms with Gasteiger partial charge in [0.15, 0.2) is 17.4 Å². The van der Waals surface area contributed by atoms with Gasteiger partial charge in [-0.2, -0.15) is 5.10 Å². The van der Waals surface area contributed by atoms with Crippen molar-refractivity contribution in [1.82, 2.24) is 24.8 Å². The first-order valence-electron chi connectivity index (χ1n) is 12.4. The minimum absolute atomic E-state index is 0.147. The first kappa shape index (κ1) is 26.3. The number of piperidine rings is 1. The van der Waals surface area contributed by atoms with E-state index in [1.807, 2.05) is 32.9 Å². The number of carbonyl (C=O) groups is 2. The third-order valence-electron chi connectivity index (χ3n) is 5.81. The molecule has 11 heteroatoms. The summed E-state index contributed by atoms with van der Waals surface area (Å²) in [4.78, 5) is 39.3. The number of furan rings is 1. The molecule has 1 aliphatic heterocycles. The lowest BCUT2D eigenvalue weighted by molar-refractivity contribution is -0.156. The summed E-state index contributed by atoms with van der Waals surface area (Å²) >= 11 is 0. The predicted octanol–water partition coefficient (Wildman–Crippen LogP) is 4.75. The van der Waals surface area contributed by atoms with Crippen LogP contribution in [0.25, 0.3) is 17.4 Å². The first-order valence-corrected chi connectivity index (χ1v) is 12.4. The van der Waals surface area contributed by atoms with Gasteiger partial charge in [-0.1, -0.05) is 0 Å². The summed E-state index contributed by atoms with van der Waals surface area (Å²) in [5.41, 5.74) is 1.16. The summed E-state index contributed by atoms with van der Waals surface area (Å²) in [5.74, 6) is 2.52. The number of nitrogens with one attached hydrogen (secondary N) is 1. The van der Waals surface area contributed by atoms with Crippen molar-refractivity contribution < 1.29 is 23.6 Å². The van der Waals surface area contributed by atoms with E-state index in [4.69, 9.17) is 14.0 Å². The monoisotopic (exact) mass is 510 g/mol. The zero-order chi connectivity index (χ0) is 26.7. The van der Waals surface area contributed by atoms with Gasteiger partial charge in [-0.15, -0.1) is 5.06 Å². The summed E-state index contributed by atoms with van der Waals surface area (Å²) in [6.45, 7) is 12.1. The molecule has 1 amide bonds. The second-order valence-corrected chi connectivity index (χ2v) is 10.4. The molecule has 0 radical (unpaired) electrons. The van der Waals surface area contributed by atoms with E-state index in [1.165, 1.54) is 0 Å². The highest BCUT2D eigenvalue weighted by molar-refractivity contribution is 5.90. The minimum Gasteiger partial charge on any atom is -0.458 e. The normalized spacial score (nSPS) is 15.0. The zero-order valence-corrected chi connectivity index (χ0v) is 22.2. The van der Waals surface area contributed by atoms with Crippen LogP contribution in [0.3, 0.4) is 0 Å². The average molecular weight is 511 g/mol. The van der Waals surface area contributed by atoms with Crippen LogP contribution in [0.5, 0.6) is 0 Å². The zero-order valence-electron chi connectivity index (χ0n) is 22.2. The number of nitrogens with zero attached hydrogens (tertiary/aromatic N) is 5. The Morgan fingerprint density at radius 3 is 2.43 bits per heavy atom. The molecule has 198 valence electrons. The van der Waals surface area contributed by atoms with Crippen molar-refractivity contribution >= 4 is 17.9 Å². The van der Waals surface area contributed by atoms with Crippen molar-refractivity contribution in [3.63, 3.8) is 0 Å². The van der Waals surface area contributed by atoms with Gasteiger partial charge in [0.05, 0.1) is 5.69 Å². The van der Waals surface area contributed by atoms with Gasteiger partial charge < -0.3 is 19.3 Å². The number of carbonyl (C=O) groups excluding carboxylic acids is 2. The Balaban J connectivity index is 1.41. The topological polar surface area (TPSA) is 125 Å². The molecule has 0 aromatic carbocycles. The number of rotatable bonds is 6. The van der Waals surface area contributed by atoms with E-state index < -0.39 is 11.8 Å². The van der Waals surface area contributed by atoms with Crippen molar-refractivity contribution in [1.29, 1.82) is 0 Å². The maximum absolute atomic E-state index is 12.9. The van der Waals surface area contributed by atoms with Gasteiger partial charge in [-0.3, -0.25) is 4.79 Å². The van der Waals surface area contributed by atoms with Gasteiger partial charge in [0, 0.05) is 31.3 Å². The first-order chi connectivity index (χ1) is 17.4. The van der Waals surface area contributed by atoms with Crippen molar-refractivity contribution in [3.05, 3.63) is 41.4 Å². The molecule has 37 heavy (non-hydrogen) atoms. The fraction of sp³-hybridized carbons (Fsp3) is 0.500. The molecule has 0 spiro atoms. The van der Waals surface area contributed by atoms with Crippen LogP contribution in [-0.2, 0) is 14.4 Å². The molecule has 3 aromatic heterocycles. The van der Waals surface area contributed by atoms with E-state index in [9.17, 15) is 9.59 Å². The van der Waals surface area contributed by atoms with E-state index in [1.54, 1.807) is 42.6 Å². The molecule has 1 N–H and O–H groups in total. The molecule has 1 fully saturated rings. The van der Waals surface area contributed by atoms with E-state index in [0.29, 0.717) is 55.6 Å². The number of aryl methyl sites for hydroxylation is 3. The number of hydroxylamine groups is 2. The lowest BCUT2D eigenvalue weighted by Crippen LogP contribution is -2.38. The highest BCUT2D eigenvalue weighted by Crippen LogP contribution is 2.25. The van der Waals surface area contributed by atoms with Gasteiger partial charge in [-0.25, -0.2) is 19.4 Å². The van der Waals surface area contributed by atoms with Crippen LogP contribution in [-0.4, -0.2) is 55.6 Å². The molecule has 0 atom stereocenters. The Hall–Kier alpha value is -3.73. The fourth-order valence-corrected chi connectivity index (χ4v) is 4.17. The third kappa shape index (κ3) is 7.16. The van der Waals surface area contributed by atoms with Crippen LogP contribution < -0.4 is 5.32 Å². The smallest absolute Gasteiger partial charge is 0.458 e. The van der Waals surface area contributed by atoms with Crippen LogP contribution in [0.4, 0.5) is 10.6 Å². The molecule has 11 nitrogen and oxygen atoms in total. The van der Waals surface area contributed by atoms with Gasteiger partial charge in [-0.05, 0) is 78.5 Å². The molecular formula is C26H34N6O5. The second-order valence-electron chi connectivity index (χ2n) is 10.4. The number of amides is 1. The van der Waals surface area contributed by atoms with Crippen molar-refractivity contribution in [3.8, 4) is 17.4 Å². The maximum Gasteiger partial charge on any atom is 0.528 e. The van der Waals surface area contributed by atoms with Crippen LogP contribution in [0, 0.1) is 26.7 Å². The molecule has 0 saturated carbocycles. The SMILES string of the molecule is Cc1cc(C)n(-c2cc(NC(=O)CC3CCN(OC(=O)OC(C)(C)C)CC3)nc(-c3ccc(C)o3)n2)n1. The van der Waals surface area contributed by atoms with Gasteiger partial charge in [0.2, 0.25) is 5.91 Å². The Kier molecular flexibility index (Phi) is 7.63. The molecule has 0 bridgehead atoms. The molecule has 1 aliphatic rings. The minimum atomic E-state index is -0.714. The molecule has 4 rings (SSSR count). The Bertz CT molecular complexity index is 1270. The Morgan fingerprint density at radius 2 is 1.84 bits per heavy atom. The average Bonchev–Trinajstić information content (AvgIpc) is 3.38. The second kappa shape index (κ2) is 10.7. The lowest BCUT2D eigenvalue weighted by atomic mass is 9.94. The summed E-state index contributed by atoms with van der Waals surface area (Å²) in [6, 6.07) is 7.30. The van der Waals surface area contributed by atoms with E-state index in [0.717, 1.165) is 17.1 Å². The van der Waals surface area contributed by atoms with Crippen LogP contribution in [0.2, 0.25) is 0 Å². The molecular weight excluding hydrogens is 476 g/mol. The van der Waals surface area contributed by atoms with E-state index in [-0.39, 0.29) is 11.8 Å². The summed E-state index contributed by atoms with van der Waals surface area (Å²) in [6.07, 6.45) is 1.05. The van der Waals surface area contributed by atoms with Gasteiger partial charge >= 0.3 is 6.16 Å². The summed E-state index contributed by atoms with van der Waals surface area (Å²) < 4.78 is 12.6. The Labute approximate surface area is 216 Å². The van der Waals surface area contributed by atoms with Crippen LogP contribution in [0.15, 0.2) is 28.7 Å². The molecule has 1 saturated heterocycles. The van der Waals surface area contributed by atoms with E-state index >= 15 is 0 Å². The number of aromatic nitrogens is 4. The third-order valence-corrected chi connectivity index (χ3v) is 5.81. The number of ether oxygens (including phenoxy) is 1. The molecule has 4 heterocycles. The molecule has 0 aliphatic carbocycles.